The number of imidazole rings is 1. The van der Waals surface area contributed by atoms with Gasteiger partial charge in [-0.2, -0.15) is 0 Å². The fraction of sp³-hybridized carbons (Fsp3) is 0.727. The van der Waals surface area contributed by atoms with Gasteiger partial charge in [-0.05, 0) is 26.7 Å². The number of anilines is 1. The monoisotopic (exact) mass is 208 g/mol. The number of nitrogen functional groups attached to an aromatic ring is 1. The van der Waals surface area contributed by atoms with Crippen LogP contribution in [-0.4, -0.2) is 15.6 Å². The topological polar surface area (TPSA) is 55.9 Å². The smallest absolute Gasteiger partial charge is 0.124 e. The third-order valence-electron chi connectivity index (χ3n) is 3.07. The summed E-state index contributed by atoms with van der Waals surface area (Å²) in [7, 11) is 0. The summed E-state index contributed by atoms with van der Waals surface area (Å²) >= 11 is 0. The fourth-order valence-corrected chi connectivity index (χ4v) is 1.99. The van der Waals surface area contributed by atoms with Gasteiger partial charge in [-0.15, -0.1) is 0 Å². The average molecular weight is 208 g/mol. The van der Waals surface area contributed by atoms with Crippen molar-refractivity contribution in [1.29, 1.82) is 0 Å². The van der Waals surface area contributed by atoms with E-state index in [-0.39, 0.29) is 0 Å². The van der Waals surface area contributed by atoms with Crippen molar-refractivity contribution in [3.8, 4) is 0 Å². The van der Waals surface area contributed by atoms with Crippen molar-refractivity contribution in [3.05, 3.63) is 12.0 Å². The molecule has 0 radical (unpaired) electrons. The Hall–Kier alpha value is -1.03. The van der Waals surface area contributed by atoms with Crippen LogP contribution >= 0.6 is 0 Å². The lowest BCUT2D eigenvalue weighted by Gasteiger charge is -2.26. The molecule has 1 aliphatic rings. The number of nitrogens with two attached hydrogens (primary N) is 1. The van der Waals surface area contributed by atoms with Gasteiger partial charge in [0.2, 0.25) is 0 Å². The van der Waals surface area contributed by atoms with Crippen LogP contribution in [0.4, 0.5) is 5.82 Å². The van der Waals surface area contributed by atoms with Gasteiger partial charge >= 0.3 is 0 Å². The van der Waals surface area contributed by atoms with E-state index in [1.807, 2.05) is 0 Å². The summed E-state index contributed by atoms with van der Waals surface area (Å²) in [5, 5.41) is 3.51. The molecule has 15 heavy (non-hydrogen) atoms. The summed E-state index contributed by atoms with van der Waals surface area (Å²) in [6.07, 6.45) is 5.71. The molecule has 4 nitrogen and oxygen atoms in total. The number of hydrogen-bond donors (Lipinski definition) is 2. The molecular weight excluding hydrogens is 188 g/mol. The van der Waals surface area contributed by atoms with Gasteiger partial charge in [-0.25, -0.2) is 4.98 Å². The zero-order valence-electron chi connectivity index (χ0n) is 9.53. The Morgan fingerprint density at radius 3 is 2.87 bits per heavy atom. The van der Waals surface area contributed by atoms with Crippen LogP contribution in [0, 0.1) is 0 Å². The minimum absolute atomic E-state index is 0.380. The summed E-state index contributed by atoms with van der Waals surface area (Å²) in [4.78, 5) is 4.34. The van der Waals surface area contributed by atoms with Gasteiger partial charge in [0, 0.05) is 12.1 Å². The first-order valence-corrected chi connectivity index (χ1v) is 5.73. The van der Waals surface area contributed by atoms with Crippen LogP contribution in [0.2, 0.25) is 0 Å². The maximum absolute atomic E-state index is 5.87. The molecule has 3 N–H and O–H groups in total. The molecule has 0 unspecified atom stereocenters. The van der Waals surface area contributed by atoms with Crippen LogP contribution in [0.3, 0.4) is 0 Å². The molecule has 1 saturated carbocycles. The predicted molar refractivity (Wildman–Crippen MR) is 61.5 cm³/mol. The van der Waals surface area contributed by atoms with Gasteiger partial charge in [-0.3, -0.25) is 0 Å². The van der Waals surface area contributed by atoms with E-state index in [0.29, 0.717) is 12.1 Å². The molecule has 0 bridgehead atoms. The van der Waals surface area contributed by atoms with E-state index < -0.39 is 0 Å². The van der Waals surface area contributed by atoms with Crippen LogP contribution in [0.1, 0.15) is 45.0 Å². The molecule has 4 heteroatoms. The number of nitrogens with one attached hydrogen (secondary N) is 1. The van der Waals surface area contributed by atoms with Gasteiger partial charge in [0.15, 0.2) is 0 Å². The third kappa shape index (κ3) is 2.15. The molecule has 1 fully saturated rings. The number of rotatable bonds is 4. The Bertz CT molecular complexity index is 325. The normalized spacial score (nSPS) is 17.0. The zero-order valence-corrected chi connectivity index (χ0v) is 9.53. The van der Waals surface area contributed by atoms with Gasteiger partial charge < -0.3 is 15.6 Å². The Balaban J connectivity index is 2.00. The highest BCUT2D eigenvalue weighted by Crippen LogP contribution is 2.20. The zero-order chi connectivity index (χ0) is 10.8. The summed E-state index contributed by atoms with van der Waals surface area (Å²) in [6.45, 7) is 5.09. The maximum Gasteiger partial charge on any atom is 0.124 e. The lowest BCUT2D eigenvalue weighted by Crippen LogP contribution is -2.35. The molecule has 1 aliphatic carbocycles. The Morgan fingerprint density at radius 2 is 2.33 bits per heavy atom. The van der Waals surface area contributed by atoms with Crippen molar-refractivity contribution in [3.63, 3.8) is 0 Å². The summed E-state index contributed by atoms with van der Waals surface area (Å²) in [5.74, 6) is 1.81. The molecule has 1 heterocycles. The van der Waals surface area contributed by atoms with Crippen LogP contribution < -0.4 is 11.1 Å². The van der Waals surface area contributed by atoms with E-state index in [2.05, 4.69) is 28.7 Å². The van der Waals surface area contributed by atoms with E-state index in [9.17, 15) is 0 Å². The van der Waals surface area contributed by atoms with Crippen molar-refractivity contribution in [2.75, 3.05) is 5.73 Å². The molecule has 0 aliphatic heterocycles. The van der Waals surface area contributed by atoms with Gasteiger partial charge in [0.25, 0.3) is 0 Å². The number of aromatic nitrogens is 2. The van der Waals surface area contributed by atoms with E-state index in [0.717, 1.165) is 18.2 Å². The van der Waals surface area contributed by atoms with Crippen molar-refractivity contribution in [2.45, 2.75) is 51.7 Å². The maximum atomic E-state index is 5.87. The molecule has 2 rings (SSSR count). The first-order chi connectivity index (χ1) is 7.18. The second-order valence-electron chi connectivity index (χ2n) is 4.57. The Kier molecular flexibility index (Phi) is 2.95. The molecule has 0 atom stereocenters. The first-order valence-electron chi connectivity index (χ1n) is 5.73. The van der Waals surface area contributed by atoms with Crippen LogP contribution in [0.15, 0.2) is 6.20 Å². The van der Waals surface area contributed by atoms with E-state index in [1.165, 1.54) is 19.3 Å². The highest BCUT2D eigenvalue weighted by Gasteiger charge is 2.18. The molecule has 0 amide bonds. The van der Waals surface area contributed by atoms with Crippen LogP contribution in [0.25, 0.3) is 0 Å². The summed E-state index contributed by atoms with van der Waals surface area (Å²) in [6, 6.07) is 1.08. The minimum Gasteiger partial charge on any atom is -0.384 e. The number of hydrogen-bond acceptors (Lipinski definition) is 3. The highest BCUT2D eigenvalue weighted by atomic mass is 15.2. The minimum atomic E-state index is 0.380. The Labute approximate surface area is 90.9 Å². The SMILES string of the molecule is CC(C)n1c(N)cnc1CNC1CCC1. The predicted octanol–water partition coefficient (Wildman–Crippen LogP) is 1.69. The first kappa shape index (κ1) is 10.5. The van der Waals surface area contributed by atoms with Gasteiger partial charge in [0.1, 0.15) is 11.6 Å². The molecule has 1 aromatic heterocycles. The van der Waals surface area contributed by atoms with Crippen molar-refractivity contribution in [2.24, 2.45) is 0 Å². The molecule has 0 saturated heterocycles. The van der Waals surface area contributed by atoms with E-state index in [1.54, 1.807) is 6.20 Å². The van der Waals surface area contributed by atoms with Crippen molar-refractivity contribution >= 4 is 5.82 Å². The van der Waals surface area contributed by atoms with E-state index in [4.69, 9.17) is 5.73 Å². The Morgan fingerprint density at radius 1 is 1.60 bits per heavy atom. The van der Waals surface area contributed by atoms with Crippen molar-refractivity contribution in [1.82, 2.24) is 14.9 Å². The van der Waals surface area contributed by atoms with Crippen LogP contribution in [-0.2, 0) is 6.54 Å². The largest absolute Gasteiger partial charge is 0.384 e. The standard InChI is InChI=1S/C11H20N4/c1-8(2)15-10(12)6-14-11(15)7-13-9-4-3-5-9/h6,8-9,13H,3-5,7,12H2,1-2H3. The average Bonchev–Trinajstić information content (AvgIpc) is 2.44. The molecular formula is C11H20N4. The highest BCUT2D eigenvalue weighted by molar-refractivity contribution is 5.28. The summed E-state index contributed by atoms with van der Waals surface area (Å²) < 4.78 is 2.09. The lowest BCUT2D eigenvalue weighted by atomic mass is 9.93. The molecule has 84 valence electrons. The quantitative estimate of drug-likeness (QED) is 0.791. The number of nitrogens with zero attached hydrogens (tertiary/aromatic N) is 2. The summed E-state index contributed by atoms with van der Waals surface area (Å²) in [5.41, 5.74) is 5.87. The second-order valence-corrected chi connectivity index (χ2v) is 4.57. The molecule has 1 aromatic rings. The van der Waals surface area contributed by atoms with Crippen LogP contribution in [0.5, 0.6) is 0 Å². The molecule has 0 aromatic carbocycles. The van der Waals surface area contributed by atoms with Gasteiger partial charge in [-0.1, -0.05) is 6.42 Å². The van der Waals surface area contributed by atoms with Gasteiger partial charge in [0.05, 0.1) is 12.7 Å². The lowest BCUT2D eigenvalue weighted by molar-refractivity contribution is 0.332. The van der Waals surface area contributed by atoms with E-state index >= 15 is 0 Å². The second kappa shape index (κ2) is 4.23. The van der Waals surface area contributed by atoms with Crippen molar-refractivity contribution < 1.29 is 0 Å². The third-order valence-corrected chi connectivity index (χ3v) is 3.07. The fourth-order valence-electron chi connectivity index (χ4n) is 1.99. The molecule has 0 spiro atoms.